The number of hydrogen-bond acceptors (Lipinski definition) is 6. The van der Waals surface area contributed by atoms with E-state index in [0.717, 1.165) is 43.8 Å². The third-order valence-electron chi connectivity index (χ3n) is 7.33. The second kappa shape index (κ2) is 9.26. The van der Waals surface area contributed by atoms with Crippen LogP contribution < -0.4 is 9.97 Å². The Morgan fingerprint density at radius 2 is 0.561 bits per heavy atom. The van der Waals surface area contributed by atoms with Gasteiger partial charge in [0.15, 0.2) is 0 Å². The van der Waals surface area contributed by atoms with Crippen molar-refractivity contribution in [2.75, 3.05) is 0 Å². The maximum absolute atomic E-state index is 4.95. The molecule has 0 atom stereocenters. The van der Waals surface area contributed by atoms with Crippen LogP contribution in [0.5, 0.6) is 0 Å². The average molecular weight is 681 g/mol. The minimum absolute atomic E-state index is 0. The predicted molar refractivity (Wildman–Crippen MR) is 154 cm³/mol. The molecule has 0 unspecified atom stereocenters. The number of hydrogen-bond donors (Lipinski definition) is 0. The molecule has 7 aromatic rings. The van der Waals surface area contributed by atoms with Gasteiger partial charge in [-0.3, -0.25) is 0 Å². The Hall–Kier alpha value is -4.53. The summed E-state index contributed by atoms with van der Waals surface area (Å²) in [4.78, 5) is 39.3. The summed E-state index contributed by atoms with van der Waals surface area (Å²) in [5, 5.41) is 3.57. The Morgan fingerprint density at radius 1 is 0.317 bits per heavy atom. The van der Waals surface area contributed by atoms with Crippen molar-refractivity contribution in [3.05, 3.63) is 97.1 Å². The molecule has 0 saturated carbocycles. The number of fused-ring (bicyclic) bond motifs is 20. The zero-order chi connectivity index (χ0) is 26.2. The number of benzene rings is 4. The molecule has 41 heavy (non-hydrogen) atoms. The van der Waals surface area contributed by atoms with Gasteiger partial charge in [-0.05, 0) is 21.5 Å². The molecule has 0 aliphatic carbocycles. The van der Waals surface area contributed by atoms with Gasteiger partial charge in [0, 0.05) is 44.8 Å². The summed E-state index contributed by atoms with van der Waals surface area (Å²) in [5.74, 6) is 2.21. The molecule has 9 heteroatoms. The topological polar surface area (TPSA) is 106 Å². The molecule has 2 aliphatic rings. The Kier molecular flexibility index (Phi) is 5.48. The summed E-state index contributed by atoms with van der Waals surface area (Å²) in [7, 11) is 0. The number of aromatic nitrogens is 8. The molecule has 8 nitrogen and oxygen atoms in total. The van der Waals surface area contributed by atoms with E-state index in [4.69, 9.17) is 39.9 Å². The van der Waals surface area contributed by atoms with E-state index in [0.29, 0.717) is 45.9 Å². The zero-order valence-corrected chi connectivity index (χ0v) is 22.9. The van der Waals surface area contributed by atoms with Gasteiger partial charge >= 0.3 is 36.9 Å². The van der Waals surface area contributed by atoms with Crippen molar-refractivity contribution in [3.63, 3.8) is 0 Å². The van der Waals surface area contributed by atoms with Crippen molar-refractivity contribution in [1.82, 2.24) is 39.9 Å². The monoisotopic (exact) mass is 681 g/mol. The second-order valence-corrected chi connectivity index (χ2v) is 9.67. The van der Waals surface area contributed by atoms with Crippen LogP contribution in [0, 0.1) is 36.9 Å². The Balaban J connectivity index is 0.00000256. The Morgan fingerprint density at radius 3 is 0.829 bits per heavy atom. The van der Waals surface area contributed by atoms with Crippen molar-refractivity contribution in [3.8, 4) is 45.6 Å². The van der Waals surface area contributed by atoms with E-state index in [-0.39, 0.29) is 36.9 Å². The van der Waals surface area contributed by atoms with E-state index in [9.17, 15) is 0 Å². The minimum atomic E-state index is 0. The number of nitrogens with zero attached hydrogens (tertiary/aromatic N) is 8. The van der Waals surface area contributed by atoms with Gasteiger partial charge in [0.25, 0.3) is 0 Å². The van der Waals surface area contributed by atoms with Gasteiger partial charge in [-0.2, -0.15) is 0 Å². The van der Waals surface area contributed by atoms with Gasteiger partial charge in [0.1, 0.15) is 0 Å². The van der Waals surface area contributed by atoms with Crippen LogP contribution in [0.25, 0.3) is 89.7 Å². The van der Waals surface area contributed by atoms with Crippen molar-refractivity contribution in [2.24, 2.45) is 0 Å². The zero-order valence-electron chi connectivity index (χ0n) is 21.1. The molecule has 8 bridgehead atoms. The summed E-state index contributed by atoms with van der Waals surface area (Å²) in [5.41, 5.74) is 5.78. The molecule has 4 aromatic carbocycles. The molecule has 0 radical (unpaired) electrons. The van der Waals surface area contributed by atoms with Crippen LogP contribution in [0.1, 0.15) is 0 Å². The van der Waals surface area contributed by atoms with E-state index in [1.807, 2.05) is 97.1 Å². The largest absolute Gasteiger partial charge is 3.00 e. The van der Waals surface area contributed by atoms with Gasteiger partial charge in [-0.15, -0.1) is 0 Å². The fourth-order valence-electron chi connectivity index (χ4n) is 5.46. The van der Waals surface area contributed by atoms with Crippen LogP contribution in [0.3, 0.4) is 0 Å². The van der Waals surface area contributed by atoms with Crippen LogP contribution >= 0.6 is 0 Å². The first-order valence-electron chi connectivity index (χ1n) is 12.9. The van der Waals surface area contributed by atoms with E-state index in [1.54, 1.807) is 0 Å². The maximum Gasteiger partial charge on any atom is 3.00 e. The summed E-state index contributed by atoms with van der Waals surface area (Å²) in [6.07, 6.45) is 0. The van der Waals surface area contributed by atoms with Crippen LogP contribution in [0.2, 0.25) is 0 Å². The van der Waals surface area contributed by atoms with Crippen molar-refractivity contribution in [1.29, 1.82) is 0 Å². The molecule has 5 heterocycles. The fraction of sp³-hybridized carbons (Fsp3) is 0. The van der Waals surface area contributed by atoms with E-state index < -0.39 is 0 Å². The molecule has 3 aromatic heterocycles. The quantitative estimate of drug-likeness (QED) is 0.188. The molecule has 0 spiro atoms. The standard InChI is InChI=1S/C32H16N8.Tm/c1-2-10-18-17(9-1)25-33-26(18)38-28-21-13-5-6-14-22(21)30(35-28)40-32-24-16-8-7-15-23(24)31(36-32)39-29-20-12-4-3-11-19(20)27(34-29)37-25;/h1-16H;/q-2;+3. The molecule has 0 saturated heterocycles. The normalized spacial score (nSPS) is 11.7. The molecular formula is C32H16N8Tm+. The maximum atomic E-state index is 4.95. The first kappa shape index (κ1) is 24.3. The first-order chi connectivity index (χ1) is 19.8. The van der Waals surface area contributed by atoms with Crippen LogP contribution in [0.4, 0.5) is 0 Å². The number of rotatable bonds is 0. The molecule has 0 amide bonds. The second-order valence-electron chi connectivity index (χ2n) is 9.67. The van der Waals surface area contributed by atoms with Crippen molar-refractivity contribution >= 4 is 44.1 Å². The molecule has 196 valence electrons. The van der Waals surface area contributed by atoms with Crippen molar-refractivity contribution in [2.45, 2.75) is 0 Å². The third kappa shape index (κ3) is 3.71. The summed E-state index contributed by atoms with van der Waals surface area (Å²) in [6, 6.07) is 31.8. The Bertz CT molecular complexity index is 2030. The van der Waals surface area contributed by atoms with Gasteiger partial charge in [-0.25, -0.2) is 9.97 Å². The summed E-state index contributed by atoms with van der Waals surface area (Å²) >= 11 is 0. The van der Waals surface area contributed by atoms with Gasteiger partial charge in [-0.1, -0.05) is 97.1 Å². The smallest absolute Gasteiger partial charge is 0.357 e. The van der Waals surface area contributed by atoms with Crippen LogP contribution in [-0.4, -0.2) is 29.9 Å². The SMILES string of the molecule is [Tm+3].c1ccc2c(c1)-c1nc-2nc2[n-]c(nc3nc(nc4[n-]c(n1)c1ccccc41)-c1ccccc1-3)c1ccccc21. The predicted octanol–water partition coefficient (Wildman–Crippen LogP) is 6.13. The van der Waals surface area contributed by atoms with E-state index >= 15 is 0 Å². The van der Waals surface area contributed by atoms with Gasteiger partial charge in [0.2, 0.25) is 0 Å². The van der Waals surface area contributed by atoms with E-state index in [1.165, 1.54) is 0 Å². The van der Waals surface area contributed by atoms with Crippen molar-refractivity contribution < 1.29 is 36.9 Å². The first-order valence-corrected chi connectivity index (χ1v) is 12.9. The molecule has 0 N–H and O–H groups in total. The van der Waals surface area contributed by atoms with E-state index in [2.05, 4.69) is 0 Å². The molecule has 9 rings (SSSR count). The summed E-state index contributed by atoms with van der Waals surface area (Å²) in [6.45, 7) is 0. The minimum Gasteiger partial charge on any atom is -0.357 e. The van der Waals surface area contributed by atoms with Crippen LogP contribution in [0.15, 0.2) is 97.1 Å². The van der Waals surface area contributed by atoms with Gasteiger partial charge < -0.3 is 29.9 Å². The molecule has 2 aliphatic heterocycles. The third-order valence-corrected chi connectivity index (χ3v) is 7.33. The Labute approximate surface area is 261 Å². The van der Waals surface area contributed by atoms with Gasteiger partial charge in [0.05, 0.1) is 23.3 Å². The van der Waals surface area contributed by atoms with Crippen LogP contribution in [-0.2, 0) is 0 Å². The average Bonchev–Trinajstić information content (AvgIpc) is 3.73. The molecule has 0 fully saturated rings. The molecular weight excluding hydrogens is 665 g/mol. The fourth-order valence-corrected chi connectivity index (χ4v) is 5.46. The summed E-state index contributed by atoms with van der Waals surface area (Å²) < 4.78 is 0.